The van der Waals surface area contributed by atoms with Crippen molar-refractivity contribution in [1.29, 1.82) is 0 Å². The molecule has 2 fully saturated rings. The molecule has 1 aliphatic carbocycles. The number of carbonyl (C=O) groups is 3. The Morgan fingerprint density at radius 3 is 2.49 bits per heavy atom. The Morgan fingerprint density at radius 1 is 1.00 bits per heavy atom. The molecule has 0 aromatic heterocycles. The Morgan fingerprint density at radius 2 is 1.71 bits per heavy atom. The van der Waals surface area contributed by atoms with Crippen molar-refractivity contribution in [1.82, 2.24) is 15.5 Å². The Kier molecular flexibility index (Phi) is 6.16. The maximum Gasteiger partial charge on any atom is 0.325 e. The molecule has 1 spiro atoms. The smallest absolute Gasteiger partial charge is 0.325 e. The van der Waals surface area contributed by atoms with E-state index in [1.165, 1.54) is 4.90 Å². The molecule has 7 nitrogen and oxygen atoms in total. The first kappa shape index (κ1) is 22.9. The first-order valence-corrected chi connectivity index (χ1v) is 12.2. The second-order valence-corrected chi connectivity index (χ2v) is 9.41. The lowest BCUT2D eigenvalue weighted by Crippen LogP contribution is -2.44. The summed E-state index contributed by atoms with van der Waals surface area (Å²) in [5.41, 5.74) is 0.758. The molecule has 35 heavy (non-hydrogen) atoms. The van der Waals surface area contributed by atoms with E-state index in [0.29, 0.717) is 24.8 Å². The molecule has 0 bridgehead atoms. The van der Waals surface area contributed by atoms with Crippen LogP contribution in [0.3, 0.4) is 0 Å². The lowest BCUT2D eigenvalue weighted by molar-refractivity contribution is -0.131. The number of imide groups is 1. The van der Waals surface area contributed by atoms with Gasteiger partial charge in [0.25, 0.3) is 5.91 Å². The summed E-state index contributed by atoms with van der Waals surface area (Å²) in [6, 6.07) is 19.9. The van der Waals surface area contributed by atoms with Crippen LogP contribution in [0.1, 0.15) is 55.7 Å². The number of rotatable bonds is 7. The van der Waals surface area contributed by atoms with Crippen molar-refractivity contribution in [2.75, 3.05) is 6.54 Å². The molecule has 5 rings (SSSR count). The topological polar surface area (TPSA) is 98.7 Å². The molecule has 0 radical (unpaired) electrons. The standard InChI is InChI=1S/C28H29N3O4/c32-22-15-14-19-9-4-5-12-21(19)24(22)25(20-10-2-1-3-11-20)29-23(33)13-8-18-31-26(34)28(30-27(31)35)16-6-7-17-28/h1-5,9-12,14-15,25,32H,6-8,13,16-18H2,(H,29,33)(H,30,35). The van der Waals surface area contributed by atoms with Gasteiger partial charge in [-0.15, -0.1) is 0 Å². The minimum Gasteiger partial charge on any atom is -0.508 e. The minimum atomic E-state index is -0.733. The number of urea groups is 1. The Balaban J connectivity index is 1.31. The van der Waals surface area contributed by atoms with Crippen LogP contribution in [0.25, 0.3) is 10.8 Å². The molecule has 1 atom stereocenters. The summed E-state index contributed by atoms with van der Waals surface area (Å²) in [7, 11) is 0. The Bertz CT molecular complexity index is 1270. The van der Waals surface area contributed by atoms with E-state index in [0.717, 1.165) is 29.2 Å². The number of hydrogen-bond donors (Lipinski definition) is 3. The molecule has 3 aromatic rings. The molecule has 1 aliphatic heterocycles. The second-order valence-electron chi connectivity index (χ2n) is 9.41. The van der Waals surface area contributed by atoms with Crippen molar-refractivity contribution in [2.45, 2.75) is 50.1 Å². The van der Waals surface area contributed by atoms with E-state index in [1.807, 2.05) is 60.7 Å². The molecule has 7 heteroatoms. The normalized spacial score (nSPS) is 17.7. The Labute approximate surface area is 204 Å². The van der Waals surface area contributed by atoms with Crippen LogP contribution in [0, 0.1) is 0 Å². The summed E-state index contributed by atoms with van der Waals surface area (Å²) in [4.78, 5) is 39.5. The summed E-state index contributed by atoms with van der Waals surface area (Å²) in [6.45, 7) is 0.204. The quantitative estimate of drug-likeness (QED) is 0.445. The average Bonchev–Trinajstić information content (AvgIpc) is 3.43. The van der Waals surface area contributed by atoms with E-state index in [4.69, 9.17) is 0 Å². The summed E-state index contributed by atoms with van der Waals surface area (Å²) < 4.78 is 0. The molecule has 1 saturated carbocycles. The van der Waals surface area contributed by atoms with Crippen LogP contribution >= 0.6 is 0 Å². The number of amides is 4. The van der Waals surface area contributed by atoms with Gasteiger partial charge in [-0.1, -0.05) is 73.5 Å². The number of nitrogens with one attached hydrogen (secondary N) is 2. The lowest BCUT2D eigenvalue weighted by atomic mass is 9.92. The second kappa shape index (κ2) is 9.41. The lowest BCUT2D eigenvalue weighted by Gasteiger charge is -2.23. The number of phenolic OH excluding ortho intramolecular Hbond substituents is 1. The summed E-state index contributed by atoms with van der Waals surface area (Å²) in [5, 5.41) is 18.6. The van der Waals surface area contributed by atoms with E-state index >= 15 is 0 Å². The Hall–Kier alpha value is -3.87. The summed E-state index contributed by atoms with van der Waals surface area (Å²) in [6.07, 6.45) is 3.75. The molecule has 2 aliphatic rings. The van der Waals surface area contributed by atoms with Gasteiger partial charge >= 0.3 is 6.03 Å². The van der Waals surface area contributed by atoms with E-state index < -0.39 is 11.6 Å². The van der Waals surface area contributed by atoms with E-state index in [9.17, 15) is 19.5 Å². The highest BCUT2D eigenvalue weighted by molar-refractivity contribution is 6.07. The van der Waals surface area contributed by atoms with E-state index in [1.54, 1.807) is 6.07 Å². The highest BCUT2D eigenvalue weighted by Gasteiger charge is 2.52. The number of hydrogen-bond acceptors (Lipinski definition) is 4. The van der Waals surface area contributed by atoms with Gasteiger partial charge in [0, 0.05) is 18.5 Å². The molecule has 1 saturated heterocycles. The molecule has 180 valence electrons. The third kappa shape index (κ3) is 4.34. The zero-order valence-electron chi connectivity index (χ0n) is 19.5. The molecule has 3 aromatic carbocycles. The number of benzene rings is 3. The van der Waals surface area contributed by atoms with Crippen molar-refractivity contribution in [2.24, 2.45) is 0 Å². The van der Waals surface area contributed by atoms with Crippen LogP contribution in [0.5, 0.6) is 5.75 Å². The van der Waals surface area contributed by atoms with Gasteiger partial charge in [-0.3, -0.25) is 14.5 Å². The number of phenols is 1. The van der Waals surface area contributed by atoms with Gasteiger partial charge < -0.3 is 15.7 Å². The van der Waals surface area contributed by atoms with Gasteiger partial charge in [0.15, 0.2) is 0 Å². The van der Waals surface area contributed by atoms with Gasteiger partial charge in [0.05, 0.1) is 6.04 Å². The fourth-order valence-corrected chi connectivity index (χ4v) is 5.38. The average molecular weight is 472 g/mol. The monoisotopic (exact) mass is 471 g/mol. The third-order valence-electron chi connectivity index (χ3n) is 7.16. The number of aromatic hydroxyl groups is 1. The molecule has 4 amide bonds. The van der Waals surface area contributed by atoms with Crippen LogP contribution in [0.15, 0.2) is 66.7 Å². The SMILES string of the molecule is O=C(CCCN1C(=O)NC2(CCCC2)C1=O)NC(c1ccccc1)c1c(O)ccc2ccccc12. The van der Waals surface area contributed by atoms with E-state index in [2.05, 4.69) is 10.6 Å². The summed E-state index contributed by atoms with van der Waals surface area (Å²) in [5.74, 6) is -0.267. The molecular formula is C28H29N3O4. The highest BCUT2D eigenvalue weighted by Crippen LogP contribution is 2.37. The van der Waals surface area contributed by atoms with Gasteiger partial charge in [0.1, 0.15) is 11.3 Å². The number of fused-ring (bicyclic) bond motifs is 1. The summed E-state index contributed by atoms with van der Waals surface area (Å²) >= 11 is 0. The third-order valence-corrected chi connectivity index (χ3v) is 7.16. The molecule has 3 N–H and O–H groups in total. The minimum absolute atomic E-state index is 0.110. The number of carbonyl (C=O) groups excluding carboxylic acids is 3. The predicted molar refractivity (Wildman–Crippen MR) is 133 cm³/mol. The van der Waals surface area contributed by atoms with Crippen molar-refractivity contribution in [3.63, 3.8) is 0 Å². The van der Waals surface area contributed by atoms with Crippen molar-refractivity contribution in [3.8, 4) is 5.75 Å². The number of nitrogens with zero attached hydrogens (tertiary/aromatic N) is 1. The van der Waals surface area contributed by atoms with Gasteiger partial charge in [0.2, 0.25) is 5.91 Å². The van der Waals surface area contributed by atoms with Crippen LogP contribution in [-0.4, -0.2) is 39.9 Å². The van der Waals surface area contributed by atoms with Crippen molar-refractivity contribution in [3.05, 3.63) is 77.9 Å². The zero-order chi connectivity index (χ0) is 24.4. The van der Waals surface area contributed by atoms with Gasteiger partial charge in [-0.2, -0.15) is 0 Å². The predicted octanol–water partition coefficient (Wildman–Crippen LogP) is 4.40. The first-order chi connectivity index (χ1) is 17.0. The van der Waals surface area contributed by atoms with Crippen LogP contribution in [0.2, 0.25) is 0 Å². The van der Waals surface area contributed by atoms with E-state index in [-0.39, 0.29) is 36.6 Å². The van der Waals surface area contributed by atoms with Crippen LogP contribution in [0.4, 0.5) is 4.79 Å². The maximum absolute atomic E-state index is 13.0. The highest BCUT2D eigenvalue weighted by atomic mass is 16.3. The van der Waals surface area contributed by atoms with Crippen molar-refractivity contribution < 1.29 is 19.5 Å². The van der Waals surface area contributed by atoms with Crippen molar-refractivity contribution >= 4 is 28.6 Å². The molecular weight excluding hydrogens is 442 g/mol. The van der Waals surface area contributed by atoms with Gasteiger partial charge in [-0.05, 0) is 41.7 Å². The maximum atomic E-state index is 13.0. The van der Waals surface area contributed by atoms with Crippen LogP contribution in [-0.2, 0) is 9.59 Å². The zero-order valence-corrected chi connectivity index (χ0v) is 19.5. The molecule has 1 unspecified atom stereocenters. The molecule has 1 heterocycles. The largest absolute Gasteiger partial charge is 0.508 e. The van der Waals surface area contributed by atoms with Crippen LogP contribution < -0.4 is 10.6 Å². The van der Waals surface area contributed by atoms with Gasteiger partial charge in [-0.25, -0.2) is 4.79 Å². The first-order valence-electron chi connectivity index (χ1n) is 12.2. The fourth-order valence-electron chi connectivity index (χ4n) is 5.38. The fraction of sp³-hybridized carbons (Fsp3) is 0.321.